The Hall–Kier alpha value is -0.120. The summed E-state index contributed by atoms with van der Waals surface area (Å²) in [5.41, 5.74) is 5.21. The number of carbonyl (C=O) groups is 1. The Morgan fingerprint density at radius 3 is 2.65 bits per heavy atom. The van der Waals surface area contributed by atoms with Crippen molar-refractivity contribution in [3.05, 3.63) is 0 Å². The van der Waals surface area contributed by atoms with E-state index in [1.165, 1.54) is 3.44 Å². The number of hydrogen-bond donors (Lipinski definition) is 1. The normalized spacial score (nSPS) is 12.8. The van der Waals surface area contributed by atoms with Crippen LogP contribution in [0.1, 0.15) is 33.1 Å². The van der Waals surface area contributed by atoms with Gasteiger partial charge in [0.15, 0.2) is 0 Å². The Labute approximate surface area is 113 Å². The average molecular weight is 361 g/mol. The molecule has 7 heteroatoms. The topological polar surface area (TPSA) is 74.0 Å². The van der Waals surface area contributed by atoms with E-state index in [-0.39, 0.29) is 19.3 Å². The van der Waals surface area contributed by atoms with Crippen molar-refractivity contribution in [3.63, 3.8) is 0 Å². The van der Waals surface area contributed by atoms with E-state index in [1.807, 2.05) is 11.9 Å². The van der Waals surface area contributed by atoms with Crippen molar-refractivity contribution in [1.82, 2.24) is 3.44 Å². The molecule has 0 aliphatic heterocycles. The minimum atomic E-state index is -0.761. The van der Waals surface area contributed by atoms with Gasteiger partial charge in [0.1, 0.15) is 0 Å². The first-order valence-corrected chi connectivity index (χ1v) is 8.81. The molecule has 0 aromatic rings. The van der Waals surface area contributed by atoms with Gasteiger partial charge in [-0.25, -0.2) is 0 Å². The molecule has 1 atom stereocenters. The SMILES string of the molecule is CCCC(CC)ON(OC(=O)OCCN)[I-]C. The quantitative estimate of drug-likeness (QED) is 0.176. The number of halogens is 1. The second-order valence-corrected chi connectivity index (χ2v) is 5.04. The molecule has 0 bridgehead atoms. The predicted octanol–water partition coefficient (Wildman–Crippen LogP) is -1.54. The summed E-state index contributed by atoms with van der Waals surface area (Å²) in [7, 11) is 0. The van der Waals surface area contributed by atoms with Crippen molar-refractivity contribution in [2.45, 2.75) is 39.2 Å². The van der Waals surface area contributed by atoms with E-state index in [9.17, 15) is 4.79 Å². The standard InChI is InChI=1S/C10H22IN2O4/c1-4-6-9(5-2)16-13(11-3)17-10(14)15-8-7-12/h9H,4-8,12H2,1-3H3/q-1. The van der Waals surface area contributed by atoms with E-state index in [1.54, 1.807) is 0 Å². The summed E-state index contributed by atoms with van der Waals surface area (Å²) in [5.74, 6) is 0. The van der Waals surface area contributed by atoms with E-state index >= 15 is 0 Å². The van der Waals surface area contributed by atoms with Gasteiger partial charge in [-0.1, -0.05) is 0 Å². The average Bonchev–Trinajstić information content (AvgIpc) is 2.34. The number of nitrogens with zero attached hydrogens (tertiary/aromatic N) is 1. The Kier molecular flexibility index (Phi) is 10.9. The number of rotatable bonds is 9. The van der Waals surface area contributed by atoms with E-state index < -0.39 is 27.6 Å². The third-order valence-corrected chi connectivity index (χ3v) is 3.13. The van der Waals surface area contributed by atoms with Crippen LogP contribution in [0.3, 0.4) is 0 Å². The molecule has 0 saturated carbocycles. The van der Waals surface area contributed by atoms with Gasteiger partial charge in [-0.05, 0) is 0 Å². The van der Waals surface area contributed by atoms with E-state index in [4.69, 9.17) is 20.1 Å². The zero-order valence-corrected chi connectivity index (χ0v) is 12.8. The second-order valence-electron chi connectivity index (χ2n) is 3.28. The molecule has 0 aliphatic rings. The summed E-state index contributed by atoms with van der Waals surface area (Å²) in [5, 5.41) is 0. The van der Waals surface area contributed by atoms with Gasteiger partial charge in [0, 0.05) is 0 Å². The molecule has 0 amide bonds. The molecule has 0 saturated heterocycles. The number of ether oxygens (including phenoxy) is 1. The summed E-state index contributed by atoms with van der Waals surface area (Å²) in [6, 6.07) is 0. The van der Waals surface area contributed by atoms with Crippen LogP contribution >= 0.6 is 0 Å². The summed E-state index contributed by atoms with van der Waals surface area (Å²) in [6.07, 6.45) is 2.18. The Morgan fingerprint density at radius 1 is 1.47 bits per heavy atom. The van der Waals surface area contributed by atoms with Gasteiger partial charge in [-0.3, -0.25) is 0 Å². The van der Waals surface area contributed by atoms with Crippen LogP contribution in [0.4, 0.5) is 4.79 Å². The first kappa shape index (κ1) is 16.9. The zero-order chi connectivity index (χ0) is 13.1. The summed E-state index contributed by atoms with van der Waals surface area (Å²) in [6.45, 7) is 4.57. The van der Waals surface area contributed by atoms with Crippen LogP contribution in [0.15, 0.2) is 0 Å². The van der Waals surface area contributed by atoms with Crippen molar-refractivity contribution < 1.29 is 40.7 Å². The third-order valence-electron chi connectivity index (χ3n) is 1.92. The fourth-order valence-electron chi connectivity index (χ4n) is 1.09. The molecule has 6 nitrogen and oxygen atoms in total. The summed E-state index contributed by atoms with van der Waals surface area (Å²) < 4.78 is 5.97. The monoisotopic (exact) mass is 361 g/mol. The number of alkyl halides is 1. The molecule has 0 aromatic carbocycles. The van der Waals surface area contributed by atoms with Crippen molar-refractivity contribution in [1.29, 1.82) is 0 Å². The van der Waals surface area contributed by atoms with Crippen LogP contribution in [0.2, 0.25) is 0 Å². The maximum atomic E-state index is 11.2. The molecule has 0 radical (unpaired) electrons. The Morgan fingerprint density at radius 2 is 2.18 bits per heavy atom. The molecule has 2 N–H and O–H groups in total. The van der Waals surface area contributed by atoms with Gasteiger partial charge in [-0.15, -0.1) is 0 Å². The molecule has 104 valence electrons. The molecule has 0 rings (SSSR count). The number of nitrogens with two attached hydrogens (primary N) is 1. The molecule has 0 spiro atoms. The molecule has 17 heavy (non-hydrogen) atoms. The van der Waals surface area contributed by atoms with Crippen molar-refractivity contribution in [2.24, 2.45) is 5.73 Å². The molecular formula is C10H22IN2O4-. The van der Waals surface area contributed by atoms with E-state index in [0.717, 1.165) is 19.3 Å². The maximum absolute atomic E-state index is 11.2. The third kappa shape index (κ3) is 8.58. The molecule has 0 heterocycles. The fourth-order valence-corrected chi connectivity index (χ4v) is 2.00. The van der Waals surface area contributed by atoms with Crippen molar-refractivity contribution in [3.8, 4) is 0 Å². The van der Waals surface area contributed by atoms with Gasteiger partial charge in [0.2, 0.25) is 0 Å². The molecule has 1 unspecified atom stereocenters. The van der Waals surface area contributed by atoms with Crippen LogP contribution in [0, 0.1) is 0 Å². The summed E-state index contributed by atoms with van der Waals surface area (Å²) in [4.78, 5) is 23.6. The molecule has 0 aliphatic carbocycles. The van der Waals surface area contributed by atoms with Crippen LogP contribution in [0.5, 0.6) is 0 Å². The first-order chi connectivity index (χ1) is 8.17. The second kappa shape index (κ2) is 11.0. The minimum absolute atomic E-state index is 0.0851. The van der Waals surface area contributed by atoms with Gasteiger partial charge >= 0.3 is 113 Å². The Balaban J connectivity index is 4.00. The van der Waals surface area contributed by atoms with Crippen LogP contribution in [0.25, 0.3) is 0 Å². The zero-order valence-electron chi connectivity index (χ0n) is 10.6. The molecule has 0 aromatic heterocycles. The van der Waals surface area contributed by atoms with Gasteiger partial charge in [-0.2, -0.15) is 0 Å². The fraction of sp³-hybridized carbons (Fsp3) is 0.900. The van der Waals surface area contributed by atoms with E-state index in [2.05, 4.69) is 6.92 Å². The van der Waals surface area contributed by atoms with Crippen molar-refractivity contribution >= 4 is 6.16 Å². The summed E-state index contributed by atoms with van der Waals surface area (Å²) >= 11 is -0.502. The van der Waals surface area contributed by atoms with Crippen LogP contribution < -0.4 is 27.2 Å². The van der Waals surface area contributed by atoms with Crippen molar-refractivity contribution in [2.75, 3.05) is 18.1 Å². The Bertz CT molecular complexity index is 207. The molecule has 0 fully saturated rings. The predicted molar refractivity (Wildman–Crippen MR) is 59.3 cm³/mol. The first-order valence-electron chi connectivity index (χ1n) is 5.69. The van der Waals surface area contributed by atoms with E-state index in [0.29, 0.717) is 0 Å². The molecular weight excluding hydrogens is 339 g/mol. The number of carbonyl (C=O) groups excluding carboxylic acids is 1. The van der Waals surface area contributed by atoms with Gasteiger partial charge in [0.25, 0.3) is 0 Å². The van der Waals surface area contributed by atoms with Gasteiger partial charge < -0.3 is 0 Å². The van der Waals surface area contributed by atoms with Crippen LogP contribution in [-0.2, 0) is 14.4 Å². The number of hydrogen-bond acceptors (Lipinski definition) is 6. The van der Waals surface area contributed by atoms with Gasteiger partial charge in [0.05, 0.1) is 0 Å². The van der Waals surface area contributed by atoms with Crippen LogP contribution in [-0.4, -0.2) is 33.8 Å².